The Labute approximate surface area is 155 Å². The van der Waals surface area contributed by atoms with Crippen LogP contribution in [0.5, 0.6) is 11.5 Å². The average Bonchev–Trinajstić information content (AvgIpc) is 2.63. The van der Waals surface area contributed by atoms with Gasteiger partial charge < -0.3 is 19.5 Å². The van der Waals surface area contributed by atoms with Gasteiger partial charge >= 0.3 is 11.9 Å². The summed E-state index contributed by atoms with van der Waals surface area (Å²) >= 11 is 0. The number of methoxy groups -OCH3 is 1. The zero-order chi connectivity index (χ0) is 19.8. The number of anilines is 1. The molecule has 0 aliphatic rings. The lowest BCUT2D eigenvalue weighted by Gasteiger charge is -2.11. The van der Waals surface area contributed by atoms with Crippen molar-refractivity contribution in [3.05, 3.63) is 53.8 Å². The van der Waals surface area contributed by atoms with Crippen LogP contribution in [0.4, 0.5) is 10.1 Å². The summed E-state index contributed by atoms with van der Waals surface area (Å²) in [6.07, 6.45) is 0.0383. The summed E-state index contributed by atoms with van der Waals surface area (Å²) < 4.78 is 27.8. The maximum absolute atomic E-state index is 12.8. The first-order valence-electron chi connectivity index (χ1n) is 7.98. The number of nitrogens with one attached hydrogen (secondary N) is 1. The standard InChI is InChI=1S/C19H18FNO6/c1-12(22)27-17-8-5-14(11-16(17)19(24)25-2)21-18(23)9-10-26-15-6-3-13(20)4-7-15/h3-8,11H,9-10H2,1-2H3,(H,21,23). The third-order valence-electron chi connectivity index (χ3n) is 3.33. The Morgan fingerprint density at radius 3 is 2.41 bits per heavy atom. The molecule has 0 heterocycles. The monoisotopic (exact) mass is 375 g/mol. The van der Waals surface area contributed by atoms with Gasteiger partial charge in [0.2, 0.25) is 5.91 Å². The number of amides is 1. The molecule has 0 radical (unpaired) electrons. The number of ether oxygens (including phenoxy) is 3. The molecule has 0 aliphatic heterocycles. The number of halogens is 1. The fourth-order valence-corrected chi connectivity index (χ4v) is 2.14. The number of hydrogen-bond acceptors (Lipinski definition) is 6. The molecule has 0 saturated carbocycles. The van der Waals surface area contributed by atoms with Crippen LogP contribution in [0, 0.1) is 5.82 Å². The van der Waals surface area contributed by atoms with Gasteiger partial charge in [-0.05, 0) is 42.5 Å². The lowest BCUT2D eigenvalue weighted by Crippen LogP contribution is -2.16. The van der Waals surface area contributed by atoms with Gasteiger partial charge in [0.25, 0.3) is 0 Å². The minimum absolute atomic E-state index is 0.00746. The van der Waals surface area contributed by atoms with Crippen molar-refractivity contribution in [2.24, 2.45) is 0 Å². The van der Waals surface area contributed by atoms with Crippen molar-refractivity contribution in [1.82, 2.24) is 0 Å². The molecule has 0 atom stereocenters. The van der Waals surface area contributed by atoms with Gasteiger partial charge in [-0.25, -0.2) is 9.18 Å². The van der Waals surface area contributed by atoms with Crippen LogP contribution in [0.25, 0.3) is 0 Å². The van der Waals surface area contributed by atoms with E-state index in [1.165, 1.54) is 56.5 Å². The fraction of sp³-hybridized carbons (Fsp3) is 0.211. The summed E-state index contributed by atoms with van der Waals surface area (Å²) in [7, 11) is 1.19. The van der Waals surface area contributed by atoms with E-state index in [1.54, 1.807) is 0 Å². The van der Waals surface area contributed by atoms with Crippen LogP contribution < -0.4 is 14.8 Å². The molecule has 2 aromatic carbocycles. The molecular formula is C19H18FNO6. The Hall–Kier alpha value is -3.42. The first kappa shape index (κ1) is 19.9. The number of esters is 2. The molecule has 0 spiro atoms. The molecule has 8 heteroatoms. The summed E-state index contributed by atoms with van der Waals surface area (Å²) in [6.45, 7) is 1.30. The number of hydrogen-bond donors (Lipinski definition) is 1. The van der Waals surface area contributed by atoms with Crippen molar-refractivity contribution in [3.63, 3.8) is 0 Å². The van der Waals surface area contributed by atoms with Crippen LogP contribution >= 0.6 is 0 Å². The molecule has 0 fully saturated rings. The van der Waals surface area contributed by atoms with Crippen molar-refractivity contribution in [3.8, 4) is 11.5 Å². The van der Waals surface area contributed by atoms with Crippen LogP contribution in [0.3, 0.4) is 0 Å². The second-order valence-electron chi connectivity index (χ2n) is 5.40. The second-order valence-corrected chi connectivity index (χ2v) is 5.40. The largest absolute Gasteiger partial charge is 0.493 e. The Bertz CT molecular complexity index is 835. The van der Waals surface area contributed by atoms with Gasteiger partial charge in [-0.15, -0.1) is 0 Å². The van der Waals surface area contributed by atoms with Crippen LogP contribution in [-0.4, -0.2) is 31.6 Å². The smallest absolute Gasteiger partial charge is 0.341 e. The highest BCUT2D eigenvalue weighted by molar-refractivity contribution is 5.97. The summed E-state index contributed by atoms with van der Waals surface area (Å²) in [5.74, 6) is -1.54. The van der Waals surface area contributed by atoms with Crippen molar-refractivity contribution in [2.45, 2.75) is 13.3 Å². The number of rotatable bonds is 7. The predicted molar refractivity (Wildman–Crippen MR) is 94.2 cm³/mol. The maximum Gasteiger partial charge on any atom is 0.341 e. The first-order valence-corrected chi connectivity index (χ1v) is 7.98. The van der Waals surface area contributed by atoms with E-state index in [2.05, 4.69) is 10.1 Å². The third kappa shape index (κ3) is 6.10. The van der Waals surface area contributed by atoms with Crippen LogP contribution in [0.1, 0.15) is 23.7 Å². The minimum atomic E-state index is -0.706. The van der Waals surface area contributed by atoms with Crippen molar-refractivity contribution in [2.75, 3.05) is 19.0 Å². The maximum atomic E-state index is 12.8. The molecule has 0 aliphatic carbocycles. The normalized spacial score (nSPS) is 10.0. The van der Waals surface area contributed by atoms with Crippen molar-refractivity contribution >= 4 is 23.5 Å². The summed E-state index contributed by atoms with van der Waals surface area (Å²) in [5.41, 5.74) is 0.339. The molecule has 7 nitrogen and oxygen atoms in total. The van der Waals surface area contributed by atoms with Gasteiger partial charge in [-0.1, -0.05) is 0 Å². The summed E-state index contributed by atoms with van der Waals surface area (Å²) in [5, 5.41) is 2.61. The second kappa shape index (κ2) is 9.33. The Balaban J connectivity index is 1.96. The molecule has 0 saturated heterocycles. The number of carbonyl (C=O) groups excluding carboxylic acids is 3. The van der Waals surface area contributed by atoms with E-state index >= 15 is 0 Å². The lowest BCUT2D eigenvalue weighted by atomic mass is 10.1. The highest BCUT2D eigenvalue weighted by Gasteiger charge is 2.16. The lowest BCUT2D eigenvalue weighted by molar-refractivity contribution is -0.131. The molecule has 0 unspecified atom stereocenters. The van der Waals surface area contributed by atoms with Gasteiger partial charge in [-0.3, -0.25) is 9.59 Å². The van der Waals surface area contributed by atoms with E-state index in [0.29, 0.717) is 11.4 Å². The molecule has 27 heavy (non-hydrogen) atoms. The highest BCUT2D eigenvalue weighted by Crippen LogP contribution is 2.24. The van der Waals surface area contributed by atoms with Crippen LogP contribution in [-0.2, 0) is 14.3 Å². The van der Waals surface area contributed by atoms with E-state index in [-0.39, 0.29) is 36.1 Å². The number of benzene rings is 2. The molecule has 0 bridgehead atoms. The van der Waals surface area contributed by atoms with Gasteiger partial charge in [-0.2, -0.15) is 0 Å². The van der Waals surface area contributed by atoms with Crippen LogP contribution in [0.2, 0.25) is 0 Å². The van der Waals surface area contributed by atoms with Gasteiger partial charge in [0.1, 0.15) is 22.9 Å². The molecule has 0 aromatic heterocycles. The van der Waals surface area contributed by atoms with E-state index in [9.17, 15) is 18.8 Å². The highest BCUT2D eigenvalue weighted by atomic mass is 19.1. The fourth-order valence-electron chi connectivity index (χ4n) is 2.14. The van der Waals surface area contributed by atoms with E-state index < -0.39 is 11.9 Å². The topological polar surface area (TPSA) is 90.9 Å². The van der Waals surface area contributed by atoms with Gasteiger partial charge in [0.15, 0.2) is 0 Å². The quantitative estimate of drug-likeness (QED) is 0.591. The first-order chi connectivity index (χ1) is 12.9. The summed E-state index contributed by atoms with van der Waals surface area (Å²) in [4.78, 5) is 35.0. The average molecular weight is 375 g/mol. The van der Waals surface area contributed by atoms with Gasteiger partial charge in [0.05, 0.1) is 20.1 Å². The Morgan fingerprint density at radius 2 is 1.78 bits per heavy atom. The van der Waals surface area contributed by atoms with Crippen molar-refractivity contribution < 1.29 is 33.0 Å². The van der Waals surface area contributed by atoms with Crippen molar-refractivity contribution in [1.29, 1.82) is 0 Å². The van der Waals surface area contributed by atoms with E-state index in [1.807, 2.05) is 0 Å². The SMILES string of the molecule is COC(=O)c1cc(NC(=O)CCOc2ccc(F)cc2)ccc1OC(C)=O. The summed E-state index contributed by atoms with van der Waals surface area (Å²) in [6, 6.07) is 9.67. The number of carbonyl (C=O) groups is 3. The molecule has 142 valence electrons. The third-order valence-corrected chi connectivity index (χ3v) is 3.33. The van der Waals surface area contributed by atoms with E-state index in [0.717, 1.165) is 0 Å². The molecule has 1 amide bonds. The predicted octanol–water partition coefficient (Wildman–Crippen LogP) is 2.95. The Kier molecular flexibility index (Phi) is 6.87. The minimum Gasteiger partial charge on any atom is -0.493 e. The molecule has 2 aromatic rings. The van der Waals surface area contributed by atoms with Crippen LogP contribution in [0.15, 0.2) is 42.5 Å². The Morgan fingerprint density at radius 1 is 1.07 bits per heavy atom. The molecule has 1 N–H and O–H groups in total. The molecule has 2 rings (SSSR count). The zero-order valence-electron chi connectivity index (χ0n) is 14.8. The van der Waals surface area contributed by atoms with E-state index in [4.69, 9.17) is 9.47 Å². The molecular weight excluding hydrogens is 357 g/mol. The van der Waals surface area contributed by atoms with Gasteiger partial charge in [0, 0.05) is 12.6 Å². The zero-order valence-corrected chi connectivity index (χ0v) is 14.8.